The minimum Gasteiger partial charge on any atom is -0.497 e. The van der Waals surface area contributed by atoms with E-state index in [0.717, 1.165) is 41.0 Å². The van der Waals surface area contributed by atoms with Crippen molar-refractivity contribution in [2.24, 2.45) is 0 Å². The first kappa shape index (κ1) is 19.3. The first-order chi connectivity index (χ1) is 14.2. The van der Waals surface area contributed by atoms with Gasteiger partial charge in [0.2, 0.25) is 0 Å². The second-order valence-electron chi connectivity index (χ2n) is 7.70. The zero-order valence-corrected chi connectivity index (χ0v) is 16.8. The summed E-state index contributed by atoms with van der Waals surface area (Å²) in [6.45, 7) is 0. The number of amides is 2. The van der Waals surface area contributed by atoms with E-state index in [4.69, 9.17) is 9.72 Å². The fraction of sp³-hybridized carbons (Fsp3) is 0.391. The van der Waals surface area contributed by atoms with E-state index in [9.17, 15) is 4.79 Å². The van der Waals surface area contributed by atoms with Crippen LogP contribution in [-0.4, -0.2) is 29.2 Å². The van der Waals surface area contributed by atoms with Crippen molar-refractivity contribution in [3.63, 3.8) is 0 Å². The van der Waals surface area contributed by atoms with E-state index in [1.54, 1.807) is 7.11 Å². The van der Waals surface area contributed by atoms with Gasteiger partial charge in [0.25, 0.3) is 0 Å². The summed E-state index contributed by atoms with van der Waals surface area (Å²) in [4.78, 5) is 20.8. The van der Waals surface area contributed by atoms with Gasteiger partial charge in [-0.3, -0.25) is 0 Å². The number of benzene rings is 2. The summed E-state index contributed by atoms with van der Waals surface area (Å²) in [5, 5.41) is 6.29. The SMILES string of the molecule is COc1ccc(CC(NC(=O)NC2CCCCC2)c2nc3ccccc3[nH]2)cc1. The molecule has 1 aliphatic carbocycles. The quantitative estimate of drug-likeness (QED) is 0.578. The molecule has 0 aliphatic heterocycles. The Kier molecular flexibility index (Phi) is 5.98. The average molecular weight is 393 g/mol. The van der Waals surface area contributed by atoms with Crippen molar-refractivity contribution < 1.29 is 9.53 Å². The van der Waals surface area contributed by atoms with Crippen LogP contribution in [0.1, 0.15) is 49.5 Å². The number of ether oxygens (including phenoxy) is 1. The molecule has 1 aliphatic rings. The monoisotopic (exact) mass is 392 g/mol. The van der Waals surface area contributed by atoms with Gasteiger partial charge < -0.3 is 20.4 Å². The topological polar surface area (TPSA) is 79.0 Å². The van der Waals surface area contributed by atoms with Crippen LogP contribution in [0.4, 0.5) is 4.79 Å². The Morgan fingerprint density at radius 1 is 1.14 bits per heavy atom. The number of nitrogens with zero attached hydrogens (tertiary/aromatic N) is 1. The van der Waals surface area contributed by atoms with E-state index in [-0.39, 0.29) is 18.1 Å². The number of methoxy groups -OCH3 is 1. The number of rotatable bonds is 6. The maximum absolute atomic E-state index is 12.7. The number of aromatic amines is 1. The minimum absolute atomic E-state index is 0.129. The second kappa shape index (κ2) is 8.99. The third kappa shape index (κ3) is 4.88. The van der Waals surface area contributed by atoms with Gasteiger partial charge >= 0.3 is 6.03 Å². The standard InChI is InChI=1S/C23H28N4O2/c1-29-18-13-11-16(12-14-18)15-21(22-25-19-9-5-6-10-20(19)26-22)27-23(28)24-17-7-3-2-4-8-17/h5-6,9-14,17,21H,2-4,7-8,15H2,1H3,(H,25,26)(H2,24,27,28). The highest BCUT2D eigenvalue weighted by molar-refractivity contribution is 5.76. The Balaban J connectivity index is 1.52. The van der Waals surface area contributed by atoms with Crippen LogP contribution >= 0.6 is 0 Å². The number of H-pyrrole nitrogens is 1. The summed E-state index contributed by atoms with van der Waals surface area (Å²) in [6, 6.07) is 15.7. The predicted molar refractivity (Wildman–Crippen MR) is 114 cm³/mol. The number of carbonyl (C=O) groups is 1. The van der Waals surface area contributed by atoms with Crippen LogP contribution in [0.25, 0.3) is 11.0 Å². The molecule has 2 amide bonds. The van der Waals surface area contributed by atoms with Crippen LogP contribution in [0.3, 0.4) is 0 Å². The Hall–Kier alpha value is -3.02. The van der Waals surface area contributed by atoms with Crippen LogP contribution in [0.2, 0.25) is 0 Å². The second-order valence-corrected chi connectivity index (χ2v) is 7.70. The molecule has 3 aromatic rings. The van der Waals surface area contributed by atoms with Gasteiger partial charge in [0.15, 0.2) is 0 Å². The summed E-state index contributed by atoms with van der Waals surface area (Å²) in [5.74, 6) is 1.58. The van der Waals surface area contributed by atoms with Crippen molar-refractivity contribution >= 4 is 17.1 Å². The number of aromatic nitrogens is 2. The maximum atomic E-state index is 12.7. The van der Waals surface area contributed by atoms with E-state index < -0.39 is 0 Å². The zero-order chi connectivity index (χ0) is 20.1. The lowest BCUT2D eigenvalue weighted by Crippen LogP contribution is -2.44. The molecule has 0 radical (unpaired) electrons. The van der Waals surface area contributed by atoms with Crippen molar-refractivity contribution in [3.05, 3.63) is 59.9 Å². The van der Waals surface area contributed by atoms with Crippen LogP contribution < -0.4 is 15.4 Å². The Morgan fingerprint density at radius 3 is 2.62 bits per heavy atom. The molecule has 1 atom stereocenters. The van der Waals surface area contributed by atoms with Crippen molar-refractivity contribution in [1.82, 2.24) is 20.6 Å². The van der Waals surface area contributed by atoms with Crippen molar-refractivity contribution in [2.45, 2.75) is 50.6 Å². The van der Waals surface area contributed by atoms with Gasteiger partial charge in [0, 0.05) is 6.04 Å². The number of hydrogen-bond acceptors (Lipinski definition) is 3. The molecule has 0 saturated heterocycles. The van der Waals surface area contributed by atoms with Crippen LogP contribution in [0.5, 0.6) is 5.75 Å². The number of fused-ring (bicyclic) bond motifs is 1. The van der Waals surface area contributed by atoms with Crippen LogP contribution in [0.15, 0.2) is 48.5 Å². The summed E-state index contributed by atoms with van der Waals surface area (Å²) < 4.78 is 5.25. The molecule has 29 heavy (non-hydrogen) atoms. The van der Waals surface area contributed by atoms with Crippen LogP contribution in [0, 0.1) is 0 Å². The molecule has 3 N–H and O–H groups in total. The molecule has 0 spiro atoms. The lowest BCUT2D eigenvalue weighted by Gasteiger charge is -2.24. The molecule has 1 heterocycles. The molecule has 1 unspecified atom stereocenters. The molecule has 2 aromatic carbocycles. The molecule has 6 heteroatoms. The van der Waals surface area contributed by atoms with E-state index in [2.05, 4.69) is 15.6 Å². The summed E-state index contributed by atoms with van der Waals surface area (Å²) in [5.41, 5.74) is 2.97. The van der Waals surface area contributed by atoms with Crippen molar-refractivity contribution in [2.75, 3.05) is 7.11 Å². The molecule has 1 aromatic heterocycles. The van der Waals surface area contributed by atoms with E-state index in [1.807, 2.05) is 48.5 Å². The minimum atomic E-state index is -0.251. The number of nitrogens with one attached hydrogen (secondary N) is 3. The largest absolute Gasteiger partial charge is 0.497 e. The van der Waals surface area contributed by atoms with Gasteiger partial charge in [-0.05, 0) is 49.1 Å². The van der Waals surface area contributed by atoms with Crippen molar-refractivity contribution in [1.29, 1.82) is 0 Å². The van der Waals surface area contributed by atoms with Gasteiger partial charge in [-0.2, -0.15) is 0 Å². The Bertz CT molecular complexity index is 912. The highest BCUT2D eigenvalue weighted by atomic mass is 16.5. The average Bonchev–Trinajstić information content (AvgIpc) is 3.19. The van der Waals surface area contributed by atoms with Gasteiger partial charge in [-0.25, -0.2) is 9.78 Å². The number of urea groups is 1. The number of carbonyl (C=O) groups excluding carboxylic acids is 1. The lowest BCUT2D eigenvalue weighted by atomic mass is 9.96. The number of para-hydroxylation sites is 2. The first-order valence-electron chi connectivity index (χ1n) is 10.4. The van der Waals surface area contributed by atoms with Gasteiger partial charge in [-0.1, -0.05) is 43.5 Å². The summed E-state index contributed by atoms with van der Waals surface area (Å²) in [7, 11) is 1.66. The fourth-order valence-corrected chi connectivity index (χ4v) is 3.98. The number of hydrogen-bond donors (Lipinski definition) is 3. The Labute approximate surface area is 171 Å². The normalized spacial score (nSPS) is 15.8. The van der Waals surface area contributed by atoms with Crippen molar-refractivity contribution in [3.8, 4) is 5.75 Å². The lowest BCUT2D eigenvalue weighted by molar-refractivity contribution is 0.228. The van der Waals surface area contributed by atoms with Crippen LogP contribution in [-0.2, 0) is 6.42 Å². The molecule has 4 rings (SSSR count). The third-order valence-electron chi connectivity index (χ3n) is 5.58. The third-order valence-corrected chi connectivity index (χ3v) is 5.58. The molecular formula is C23H28N4O2. The highest BCUT2D eigenvalue weighted by Crippen LogP contribution is 2.22. The summed E-state index contributed by atoms with van der Waals surface area (Å²) in [6.07, 6.45) is 6.39. The van der Waals surface area contributed by atoms with E-state index in [1.165, 1.54) is 19.3 Å². The van der Waals surface area contributed by atoms with Gasteiger partial charge in [0.05, 0.1) is 24.2 Å². The molecule has 0 bridgehead atoms. The van der Waals surface area contributed by atoms with Gasteiger partial charge in [-0.15, -0.1) is 0 Å². The fourth-order valence-electron chi connectivity index (χ4n) is 3.98. The highest BCUT2D eigenvalue weighted by Gasteiger charge is 2.21. The smallest absolute Gasteiger partial charge is 0.315 e. The summed E-state index contributed by atoms with van der Waals surface area (Å²) >= 11 is 0. The van der Waals surface area contributed by atoms with E-state index >= 15 is 0 Å². The predicted octanol–water partition coefficient (Wildman–Crippen LogP) is 4.49. The Morgan fingerprint density at radius 2 is 1.90 bits per heavy atom. The van der Waals surface area contributed by atoms with Gasteiger partial charge in [0.1, 0.15) is 11.6 Å². The first-order valence-corrected chi connectivity index (χ1v) is 10.4. The molecule has 6 nitrogen and oxygen atoms in total. The maximum Gasteiger partial charge on any atom is 0.315 e. The zero-order valence-electron chi connectivity index (χ0n) is 16.8. The van der Waals surface area contributed by atoms with E-state index in [0.29, 0.717) is 6.42 Å². The molecule has 152 valence electrons. The molecule has 1 saturated carbocycles. The molecular weight excluding hydrogens is 364 g/mol. The molecule has 1 fully saturated rings. The number of imidazole rings is 1.